The molecule has 2 bridgehead atoms. The van der Waals surface area contributed by atoms with Gasteiger partial charge in [-0.25, -0.2) is 0 Å². The van der Waals surface area contributed by atoms with Gasteiger partial charge in [-0.2, -0.15) is 5.26 Å². The van der Waals surface area contributed by atoms with Crippen LogP contribution in [0, 0.1) is 29.1 Å². The van der Waals surface area contributed by atoms with E-state index in [1.807, 2.05) is 0 Å². The van der Waals surface area contributed by atoms with Crippen LogP contribution in [0.5, 0.6) is 0 Å². The lowest BCUT2D eigenvalue weighted by molar-refractivity contribution is 0.259. The number of epoxide rings is 1. The van der Waals surface area contributed by atoms with E-state index in [0.717, 1.165) is 12.3 Å². The van der Waals surface area contributed by atoms with E-state index in [1.165, 1.54) is 6.42 Å². The van der Waals surface area contributed by atoms with Crippen LogP contribution in [0.4, 0.5) is 0 Å². The highest BCUT2D eigenvalue weighted by Crippen LogP contribution is 2.58. The fraction of sp³-hybridized carbons (Fsp3) is 0.875. The van der Waals surface area contributed by atoms with Gasteiger partial charge in [0.1, 0.15) is 0 Å². The maximum atomic E-state index is 8.72. The number of hydrogen-bond donors (Lipinski definition) is 0. The normalized spacial score (nSPS) is 61.7. The first-order valence-electron chi connectivity index (χ1n) is 3.95. The molecule has 3 fully saturated rings. The lowest BCUT2D eigenvalue weighted by atomic mass is 9.90. The lowest BCUT2D eigenvalue weighted by Crippen LogP contribution is -2.15. The molecule has 2 aliphatic carbocycles. The summed E-state index contributed by atoms with van der Waals surface area (Å²) in [6.45, 7) is 0. The summed E-state index contributed by atoms with van der Waals surface area (Å²) >= 11 is 0. The minimum absolute atomic E-state index is 0.328. The zero-order valence-electron chi connectivity index (χ0n) is 5.66. The fourth-order valence-electron chi connectivity index (χ4n) is 2.75. The van der Waals surface area contributed by atoms with Gasteiger partial charge >= 0.3 is 0 Å². The van der Waals surface area contributed by atoms with Gasteiger partial charge < -0.3 is 4.74 Å². The Bertz CT molecular complexity index is 220. The van der Waals surface area contributed by atoms with Crippen molar-refractivity contribution >= 4 is 0 Å². The maximum absolute atomic E-state index is 8.72. The van der Waals surface area contributed by atoms with Crippen molar-refractivity contribution in [3.63, 3.8) is 0 Å². The molecule has 0 N–H and O–H groups in total. The number of nitriles is 1. The van der Waals surface area contributed by atoms with Crippen LogP contribution in [-0.4, -0.2) is 12.2 Å². The second-order valence-electron chi connectivity index (χ2n) is 3.70. The van der Waals surface area contributed by atoms with Gasteiger partial charge in [-0.1, -0.05) is 0 Å². The van der Waals surface area contributed by atoms with E-state index >= 15 is 0 Å². The Hall–Kier alpha value is -0.550. The quantitative estimate of drug-likeness (QED) is 0.463. The van der Waals surface area contributed by atoms with Crippen LogP contribution in [-0.2, 0) is 4.74 Å². The summed E-state index contributed by atoms with van der Waals surface area (Å²) in [5.74, 6) is 1.69. The summed E-state index contributed by atoms with van der Waals surface area (Å²) < 4.78 is 5.42. The van der Waals surface area contributed by atoms with Crippen molar-refractivity contribution in [2.45, 2.75) is 25.0 Å². The van der Waals surface area contributed by atoms with Gasteiger partial charge in [-0.15, -0.1) is 0 Å². The largest absolute Gasteiger partial charge is 0.369 e. The van der Waals surface area contributed by atoms with Gasteiger partial charge in [0, 0.05) is 5.92 Å². The molecule has 1 heterocycles. The highest BCUT2D eigenvalue weighted by molar-refractivity contribution is 5.14. The van der Waals surface area contributed by atoms with Crippen molar-refractivity contribution in [3.8, 4) is 6.07 Å². The predicted molar refractivity (Wildman–Crippen MR) is 34.0 cm³/mol. The molecule has 0 aromatic heterocycles. The Morgan fingerprint density at radius 3 is 2.80 bits per heavy atom. The third-order valence-corrected chi connectivity index (χ3v) is 3.26. The molecule has 10 heavy (non-hydrogen) atoms. The van der Waals surface area contributed by atoms with Gasteiger partial charge in [0.25, 0.3) is 0 Å². The summed E-state index contributed by atoms with van der Waals surface area (Å²) in [5, 5.41) is 8.72. The standard InChI is InChI=1S/C8H9NO/c9-3-5-1-4-2-6(5)8-7(4)10-8/h4-8H,1-2H2/t4-,5+,6+,7+,8+/m0/s1. The van der Waals surface area contributed by atoms with Gasteiger partial charge in [0.2, 0.25) is 0 Å². The van der Waals surface area contributed by atoms with Crippen molar-refractivity contribution in [2.75, 3.05) is 0 Å². The molecule has 1 aliphatic heterocycles. The van der Waals surface area contributed by atoms with Crippen molar-refractivity contribution in [3.05, 3.63) is 0 Å². The topological polar surface area (TPSA) is 36.3 Å². The van der Waals surface area contributed by atoms with Crippen LogP contribution < -0.4 is 0 Å². The first-order chi connectivity index (χ1) is 4.90. The molecule has 2 saturated carbocycles. The number of nitrogens with zero attached hydrogens (tertiary/aromatic N) is 1. The minimum Gasteiger partial charge on any atom is -0.369 e. The lowest BCUT2D eigenvalue weighted by Gasteiger charge is -2.09. The smallest absolute Gasteiger partial charge is 0.0885 e. The molecule has 5 atom stereocenters. The van der Waals surface area contributed by atoms with E-state index in [1.54, 1.807) is 0 Å². The van der Waals surface area contributed by atoms with Crippen LogP contribution in [0.1, 0.15) is 12.8 Å². The Balaban J connectivity index is 1.93. The zero-order valence-corrected chi connectivity index (χ0v) is 5.66. The molecular weight excluding hydrogens is 126 g/mol. The second kappa shape index (κ2) is 1.38. The molecule has 0 amide bonds. The van der Waals surface area contributed by atoms with Gasteiger partial charge in [0.05, 0.1) is 24.2 Å². The third-order valence-electron chi connectivity index (χ3n) is 3.26. The van der Waals surface area contributed by atoms with E-state index in [-0.39, 0.29) is 0 Å². The number of fused-ring (bicyclic) bond motifs is 5. The average molecular weight is 135 g/mol. The summed E-state index contributed by atoms with van der Waals surface area (Å²) in [6.07, 6.45) is 3.47. The van der Waals surface area contributed by atoms with E-state index < -0.39 is 0 Å². The van der Waals surface area contributed by atoms with E-state index in [0.29, 0.717) is 24.0 Å². The summed E-state index contributed by atoms with van der Waals surface area (Å²) in [4.78, 5) is 0. The number of ether oxygens (including phenoxy) is 1. The molecule has 0 spiro atoms. The van der Waals surface area contributed by atoms with Crippen molar-refractivity contribution in [1.82, 2.24) is 0 Å². The highest BCUT2D eigenvalue weighted by Gasteiger charge is 2.63. The Labute approximate surface area is 59.8 Å². The molecule has 0 unspecified atom stereocenters. The van der Waals surface area contributed by atoms with Gasteiger partial charge in [0.15, 0.2) is 0 Å². The SMILES string of the molecule is N#C[C@H]1C[C@H]2C[C@H]1[C@H]1O[C@H]21. The predicted octanol–water partition coefficient (Wildman–Crippen LogP) is 0.933. The molecule has 2 nitrogen and oxygen atoms in total. The molecule has 0 radical (unpaired) electrons. The molecule has 52 valence electrons. The summed E-state index contributed by atoms with van der Waals surface area (Å²) in [6, 6.07) is 2.37. The second-order valence-corrected chi connectivity index (χ2v) is 3.70. The molecule has 0 aromatic carbocycles. The highest BCUT2D eigenvalue weighted by atomic mass is 16.6. The van der Waals surface area contributed by atoms with Crippen LogP contribution in [0.2, 0.25) is 0 Å². The maximum Gasteiger partial charge on any atom is 0.0885 e. The number of hydrogen-bond acceptors (Lipinski definition) is 2. The molecule has 3 rings (SSSR count). The number of rotatable bonds is 0. The minimum atomic E-state index is 0.328. The first-order valence-corrected chi connectivity index (χ1v) is 3.95. The first kappa shape index (κ1) is 5.15. The van der Waals surface area contributed by atoms with Crippen LogP contribution in [0.25, 0.3) is 0 Å². The van der Waals surface area contributed by atoms with Gasteiger partial charge in [-0.05, 0) is 18.8 Å². The zero-order chi connectivity index (χ0) is 6.72. The molecular formula is C8H9NO. The van der Waals surface area contributed by atoms with Crippen molar-refractivity contribution < 1.29 is 4.74 Å². The fourth-order valence-corrected chi connectivity index (χ4v) is 2.75. The van der Waals surface area contributed by atoms with Crippen LogP contribution in [0.15, 0.2) is 0 Å². The van der Waals surface area contributed by atoms with Crippen LogP contribution in [0.3, 0.4) is 0 Å². The molecule has 2 heteroatoms. The summed E-state index contributed by atoms with van der Waals surface area (Å²) in [5.41, 5.74) is 0. The van der Waals surface area contributed by atoms with Crippen molar-refractivity contribution in [2.24, 2.45) is 17.8 Å². The van der Waals surface area contributed by atoms with E-state index in [9.17, 15) is 0 Å². The monoisotopic (exact) mass is 135 g/mol. The van der Waals surface area contributed by atoms with Gasteiger partial charge in [-0.3, -0.25) is 0 Å². The average Bonchev–Trinajstić information content (AvgIpc) is 2.58. The Morgan fingerprint density at radius 2 is 2.20 bits per heavy atom. The Kier molecular flexibility index (Phi) is 0.709. The summed E-state index contributed by atoms with van der Waals surface area (Å²) in [7, 11) is 0. The third kappa shape index (κ3) is 0.411. The molecule has 1 saturated heterocycles. The molecule has 0 aromatic rings. The van der Waals surface area contributed by atoms with E-state index in [2.05, 4.69) is 6.07 Å². The Morgan fingerprint density at radius 1 is 1.30 bits per heavy atom. The molecule has 3 aliphatic rings. The van der Waals surface area contributed by atoms with Crippen molar-refractivity contribution in [1.29, 1.82) is 5.26 Å². The van der Waals surface area contributed by atoms with E-state index in [4.69, 9.17) is 10.00 Å². The van der Waals surface area contributed by atoms with Crippen LogP contribution >= 0.6 is 0 Å².